The Balaban J connectivity index is 1.37. The van der Waals surface area contributed by atoms with E-state index in [0.717, 1.165) is 103 Å². The number of ether oxygens (including phenoxy) is 6. The molecule has 3 aliphatic heterocycles. The summed E-state index contributed by atoms with van der Waals surface area (Å²) in [5, 5.41) is 121. The van der Waals surface area contributed by atoms with Crippen LogP contribution in [0, 0.1) is 0 Å². The van der Waals surface area contributed by atoms with Crippen LogP contribution in [0.3, 0.4) is 0 Å². The lowest BCUT2D eigenvalue weighted by molar-refractivity contribution is -0.379. The molecule has 17 unspecified atom stereocenters. The first-order chi connectivity index (χ1) is 51.8. The Bertz CT molecular complexity index is 2290. The van der Waals surface area contributed by atoms with Crippen LogP contribution in [0.4, 0.5) is 0 Å². The molecule has 0 radical (unpaired) electrons. The van der Waals surface area contributed by atoms with Gasteiger partial charge in [-0.25, -0.2) is 0 Å². The van der Waals surface area contributed by atoms with E-state index in [1.54, 1.807) is 0 Å². The number of carbonyl (C=O) groups excluding carboxylic acids is 1. The summed E-state index contributed by atoms with van der Waals surface area (Å²) in [5.74, 6) is -0.267. The Morgan fingerprint density at radius 2 is 0.651 bits per heavy atom. The van der Waals surface area contributed by atoms with Gasteiger partial charge in [0, 0.05) is 6.42 Å². The summed E-state index contributed by atoms with van der Waals surface area (Å²) < 4.78 is 34.5. The normalized spacial score (nSPS) is 26.1. The average Bonchev–Trinajstić information content (AvgIpc) is 0.781. The second kappa shape index (κ2) is 66.3. The van der Waals surface area contributed by atoms with Crippen LogP contribution in [0.5, 0.6) is 0 Å². The molecule has 0 saturated carbocycles. The fourth-order valence-corrected chi connectivity index (χ4v) is 13.9. The van der Waals surface area contributed by atoms with Crippen molar-refractivity contribution in [2.24, 2.45) is 0 Å². The third-order valence-electron chi connectivity index (χ3n) is 20.7. The van der Waals surface area contributed by atoms with Crippen molar-refractivity contribution < 1.29 is 89.4 Å². The van der Waals surface area contributed by atoms with Crippen molar-refractivity contribution in [2.75, 3.05) is 26.4 Å². The molecular weight excluding hydrogens is 1350 g/mol. The number of aliphatic hydroxyl groups is 11. The van der Waals surface area contributed by atoms with Crippen molar-refractivity contribution in [1.29, 1.82) is 0 Å². The largest absolute Gasteiger partial charge is 0.394 e. The van der Waals surface area contributed by atoms with Gasteiger partial charge in [-0.1, -0.05) is 329 Å². The Hall–Kier alpha value is -3.29. The summed E-state index contributed by atoms with van der Waals surface area (Å²) in [6, 6.07) is -0.911. The molecule has 614 valence electrons. The number of aliphatic hydroxyl groups excluding tert-OH is 11. The number of rotatable bonds is 67. The lowest BCUT2D eigenvalue weighted by Crippen LogP contribution is -2.66. The van der Waals surface area contributed by atoms with Crippen LogP contribution in [0.1, 0.15) is 316 Å². The molecule has 17 atom stereocenters. The number of unbranched alkanes of at least 4 members (excludes halogenated alkanes) is 35. The molecule has 106 heavy (non-hydrogen) atoms. The molecule has 19 heteroatoms. The quantitative estimate of drug-likeness (QED) is 0.0199. The summed E-state index contributed by atoms with van der Waals surface area (Å²) in [7, 11) is 0. The van der Waals surface area contributed by atoms with Crippen molar-refractivity contribution >= 4 is 5.91 Å². The zero-order chi connectivity index (χ0) is 76.7. The summed E-state index contributed by atoms with van der Waals surface area (Å²) >= 11 is 0. The summed E-state index contributed by atoms with van der Waals surface area (Å²) in [6.07, 6.45) is 63.6. The fraction of sp³-hybridized carbons (Fsp3) is 0.805. The number of allylic oxidation sites excluding steroid dienone is 16. The summed E-state index contributed by atoms with van der Waals surface area (Å²) in [4.78, 5) is 13.5. The van der Waals surface area contributed by atoms with Gasteiger partial charge in [0.25, 0.3) is 0 Å². The highest BCUT2D eigenvalue weighted by molar-refractivity contribution is 5.76. The van der Waals surface area contributed by atoms with Gasteiger partial charge in [-0.15, -0.1) is 0 Å². The first-order valence-electron chi connectivity index (χ1n) is 42.5. The van der Waals surface area contributed by atoms with E-state index in [2.05, 4.69) is 116 Å². The molecule has 12 N–H and O–H groups in total. The lowest BCUT2D eigenvalue weighted by Gasteiger charge is -2.48. The molecule has 0 aromatic rings. The average molecular weight is 1500 g/mol. The number of carbonyl (C=O) groups is 1. The van der Waals surface area contributed by atoms with Crippen molar-refractivity contribution in [3.63, 3.8) is 0 Å². The second-order valence-corrected chi connectivity index (χ2v) is 29.9. The van der Waals surface area contributed by atoms with Crippen molar-refractivity contribution in [3.8, 4) is 0 Å². The minimum Gasteiger partial charge on any atom is -0.394 e. The van der Waals surface area contributed by atoms with Gasteiger partial charge in [0.15, 0.2) is 18.9 Å². The van der Waals surface area contributed by atoms with E-state index in [0.29, 0.717) is 12.8 Å². The minimum atomic E-state index is -1.98. The molecule has 3 aliphatic rings. The third-order valence-corrected chi connectivity index (χ3v) is 20.7. The zero-order valence-corrected chi connectivity index (χ0v) is 65.9. The van der Waals surface area contributed by atoms with Gasteiger partial charge in [-0.05, 0) is 77.0 Å². The SMILES string of the molecule is CC/C=C\C/C=C\C/C=C\C/C=C\C/C=C\C/C=C\C/C=C\C/C=C\CCCCCCC(=O)NC(COC1OC(CO)C(OC2OC(CO)C(OC3OC(CO)C(O)C(O)C3O)C(O)C2O)C(O)C1O)C(O)CCCCCCCCCCCCCCCCCCCCCCCCCCCCCCCCCC. The topological polar surface area (TPSA) is 307 Å². The monoisotopic (exact) mass is 1500 g/mol. The molecular formula is C87H153NO18. The van der Waals surface area contributed by atoms with Gasteiger partial charge >= 0.3 is 0 Å². The van der Waals surface area contributed by atoms with Gasteiger partial charge in [0.05, 0.1) is 38.6 Å². The predicted octanol–water partition coefficient (Wildman–Crippen LogP) is 15.1. The first-order valence-corrected chi connectivity index (χ1v) is 42.5. The lowest BCUT2D eigenvalue weighted by atomic mass is 9.96. The Morgan fingerprint density at radius 1 is 0.349 bits per heavy atom. The van der Waals surface area contributed by atoms with Crippen LogP contribution in [-0.2, 0) is 33.2 Å². The van der Waals surface area contributed by atoms with Gasteiger partial charge in [0.1, 0.15) is 73.2 Å². The molecule has 3 rings (SSSR count). The number of hydrogen-bond acceptors (Lipinski definition) is 18. The van der Waals surface area contributed by atoms with E-state index in [1.807, 2.05) is 0 Å². The van der Waals surface area contributed by atoms with Crippen LogP contribution >= 0.6 is 0 Å². The molecule has 0 spiro atoms. The smallest absolute Gasteiger partial charge is 0.220 e. The fourth-order valence-electron chi connectivity index (χ4n) is 13.9. The standard InChI is InChI=1S/C87H153NO18/c1-3-5-7-9-11-13-15-17-19-21-23-25-27-29-31-33-34-35-37-38-40-42-44-46-48-50-52-54-56-58-60-62-64-71(92)70(88-75(93)65-63-61-59-57-55-53-51-49-47-45-43-41-39-36-32-30-28-26-24-22-20-18-16-14-12-10-8-6-4-2)69-101-85-81(99)78(96)83(73(67-90)103-85)106-87-82(100)79(97)84(74(68-91)104-87)105-86-80(98)77(95)76(94)72(66-89)102-86/h6,8,12,14,18,20,24,26,30,32,39,41,45,47,51,53,70-74,76-87,89-92,94-100H,3-5,7,9-11,13,15-17,19,21-23,25,27-29,31,33-38,40,42-44,46,48-50,52,54-69H2,1-2H3,(H,88,93)/b8-6-,14-12-,20-18-,26-24-,32-30-,41-39-,47-45-,53-51-. The van der Waals surface area contributed by atoms with Crippen LogP contribution in [0.2, 0.25) is 0 Å². The molecule has 0 bridgehead atoms. The maximum atomic E-state index is 13.5. The Labute approximate surface area is 641 Å². The highest BCUT2D eigenvalue weighted by Crippen LogP contribution is 2.33. The second-order valence-electron chi connectivity index (χ2n) is 29.9. The van der Waals surface area contributed by atoms with Crippen LogP contribution in [-0.4, -0.2) is 193 Å². The van der Waals surface area contributed by atoms with E-state index < -0.39 is 124 Å². The van der Waals surface area contributed by atoms with Gasteiger partial charge in [-0.3, -0.25) is 4.79 Å². The molecule has 0 aromatic heterocycles. The highest BCUT2D eigenvalue weighted by atomic mass is 16.8. The van der Waals surface area contributed by atoms with Crippen molar-refractivity contribution in [1.82, 2.24) is 5.32 Å². The van der Waals surface area contributed by atoms with Crippen molar-refractivity contribution in [3.05, 3.63) is 97.2 Å². The van der Waals surface area contributed by atoms with Gasteiger partial charge in [-0.2, -0.15) is 0 Å². The molecule has 3 fully saturated rings. The van der Waals surface area contributed by atoms with E-state index >= 15 is 0 Å². The van der Waals surface area contributed by atoms with Crippen LogP contribution in [0.15, 0.2) is 97.2 Å². The number of amides is 1. The Morgan fingerprint density at radius 3 is 1.02 bits per heavy atom. The van der Waals surface area contributed by atoms with E-state index in [4.69, 9.17) is 28.4 Å². The summed E-state index contributed by atoms with van der Waals surface area (Å²) in [6.45, 7) is 1.70. The zero-order valence-electron chi connectivity index (χ0n) is 65.9. The van der Waals surface area contributed by atoms with Crippen LogP contribution in [0.25, 0.3) is 0 Å². The Kier molecular flexibility index (Phi) is 60.6. The maximum absolute atomic E-state index is 13.5. The number of hydrogen-bond donors (Lipinski definition) is 12. The third kappa shape index (κ3) is 45.3. The van der Waals surface area contributed by atoms with Gasteiger partial charge < -0.3 is 89.9 Å². The molecule has 0 aliphatic carbocycles. The van der Waals surface area contributed by atoms with Crippen LogP contribution < -0.4 is 5.32 Å². The predicted molar refractivity (Wildman–Crippen MR) is 424 cm³/mol. The van der Waals surface area contributed by atoms with Gasteiger partial charge in [0.2, 0.25) is 5.91 Å². The molecule has 19 nitrogen and oxygen atoms in total. The first kappa shape index (κ1) is 96.9. The minimum absolute atomic E-state index is 0.231. The number of nitrogens with one attached hydrogen (secondary N) is 1. The van der Waals surface area contributed by atoms with E-state index in [-0.39, 0.29) is 18.9 Å². The summed E-state index contributed by atoms with van der Waals surface area (Å²) in [5.41, 5.74) is 0. The molecule has 1 amide bonds. The van der Waals surface area contributed by atoms with E-state index in [1.165, 1.54) is 180 Å². The highest BCUT2D eigenvalue weighted by Gasteiger charge is 2.54. The molecule has 0 aromatic carbocycles. The van der Waals surface area contributed by atoms with E-state index in [9.17, 15) is 61.0 Å². The van der Waals surface area contributed by atoms with Crippen molar-refractivity contribution in [2.45, 2.75) is 420 Å². The molecule has 3 saturated heterocycles. The molecule has 3 heterocycles. The maximum Gasteiger partial charge on any atom is 0.220 e.